The number of aromatic nitrogens is 3. The van der Waals surface area contributed by atoms with Crippen LogP contribution in [0.2, 0.25) is 0 Å². The molecule has 1 aliphatic carbocycles. The normalized spacial score (nSPS) is 19.6. The number of rotatable bonds is 5. The monoisotopic (exact) mass is 380 g/mol. The summed E-state index contributed by atoms with van der Waals surface area (Å²) in [5, 5.41) is 5.25. The van der Waals surface area contributed by atoms with Crippen molar-refractivity contribution in [1.82, 2.24) is 19.6 Å². The lowest BCUT2D eigenvalue weighted by molar-refractivity contribution is 0.0960. The quantitative estimate of drug-likeness (QED) is 0.653. The second-order valence-corrected chi connectivity index (χ2v) is 8.17. The summed E-state index contributed by atoms with van der Waals surface area (Å²) in [6.07, 6.45) is 9.87. The standard InChI is InChI=1S/C22H28N4O2/c1-16-23-22(24-28-16)15-25-12-9-18(10-13-25)27-21-8-4-7-20-19(21)11-14-26(20)17-5-2-3-6-17/h4,7-8,11,14,17-18H,2-3,5-6,9-10,12-13,15H2,1H3. The number of hydrogen-bond acceptors (Lipinski definition) is 5. The summed E-state index contributed by atoms with van der Waals surface area (Å²) in [4.78, 5) is 6.68. The van der Waals surface area contributed by atoms with Crippen LogP contribution in [0.25, 0.3) is 10.9 Å². The first-order valence-corrected chi connectivity index (χ1v) is 10.5. The number of likely N-dealkylation sites (tertiary alicyclic amines) is 1. The third-order valence-electron chi connectivity index (χ3n) is 6.20. The first-order chi connectivity index (χ1) is 13.8. The zero-order valence-corrected chi connectivity index (χ0v) is 16.5. The molecule has 1 aromatic carbocycles. The Bertz CT molecular complexity index is 933. The van der Waals surface area contributed by atoms with Gasteiger partial charge in [-0.3, -0.25) is 4.90 Å². The zero-order chi connectivity index (χ0) is 18.9. The van der Waals surface area contributed by atoms with Crippen molar-refractivity contribution < 1.29 is 9.26 Å². The molecule has 0 spiro atoms. The van der Waals surface area contributed by atoms with Crippen LogP contribution < -0.4 is 4.74 Å². The van der Waals surface area contributed by atoms with Gasteiger partial charge in [-0.05, 0) is 43.9 Å². The Morgan fingerprint density at radius 2 is 1.93 bits per heavy atom. The van der Waals surface area contributed by atoms with E-state index in [0.29, 0.717) is 11.9 Å². The molecule has 2 aromatic heterocycles. The van der Waals surface area contributed by atoms with E-state index in [2.05, 4.69) is 50.1 Å². The Morgan fingerprint density at radius 1 is 1.11 bits per heavy atom. The van der Waals surface area contributed by atoms with E-state index in [-0.39, 0.29) is 6.10 Å². The van der Waals surface area contributed by atoms with Crippen molar-refractivity contribution in [2.24, 2.45) is 0 Å². The highest BCUT2D eigenvalue weighted by Gasteiger charge is 2.23. The van der Waals surface area contributed by atoms with Crippen LogP contribution in [0.15, 0.2) is 35.0 Å². The van der Waals surface area contributed by atoms with Crippen molar-refractivity contribution in [2.75, 3.05) is 13.1 Å². The number of nitrogens with zero attached hydrogens (tertiary/aromatic N) is 4. The number of benzene rings is 1. The van der Waals surface area contributed by atoms with Gasteiger partial charge in [-0.15, -0.1) is 0 Å². The van der Waals surface area contributed by atoms with E-state index in [1.165, 1.54) is 36.6 Å². The Balaban J connectivity index is 1.24. The Kier molecular flexibility index (Phi) is 4.81. The Hall–Kier alpha value is -2.34. The Labute approximate surface area is 165 Å². The summed E-state index contributed by atoms with van der Waals surface area (Å²) in [6.45, 7) is 4.58. The minimum atomic E-state index is 0.267. The molecule has 28 heavy (non-hydrogen) atoms. The predicted octanol–water partition coefficient (Wildman–Crippen LogP) is 4.49. The molecule has 3 heterocycles. The minimum absolute atomic E-state index is 0.267. The maximum atomic E-state index is 6.46. The van der Waals surface area contributed by atoms with Gasteiger partial charge in [0.25, 0.3) is 0 Å². The maximum Gasteiger partial charge on any atom is 0.223 e. The van der Waals surface area contributed by atoms with Crippen LogP contribution in [-0.4, -0.2) is 38.8 Å². The highest BCUT2D eigenvalue weighted by Crippen LogP contribution is 2.36. The van der Waals surface area contributed by atoms with Crippen molar-refractivity contribution in [3.8, 4) is 5.75 Å². The summed E-state index contributed by atoms with van der Waals surface area (Å²) in [5.41, 5.74) is 1.31. The molecule has 2 fully saturated rings. The van der Waals surface area contributed by atoms with Gasteiger partial charge in [-0.2, -0.15) is 4.98 Å². The summed E-state index contributed by atoms with van der Waals surface area (Å²) in [5.74, 6) is 2.43. The molecule has 3 aromatic rings. The molecule has 2 aliphatic rings. The summed E-state index contributed by atoms with van der Waals surface area (Å²) in [7, 11) is 0. The number of ether oxygens (including phenoxy) is 1. The molecule has 0 atom stereocenters. The van der Waals surface area contributed by atoms with Gasteiger partial charge in [0.05, 0.1) is 12.1 Å². The van der Waals surface area contributed by atoms with E-state index in [1.807, 2.05) is 6.92 Å². The molecule has 6 nitrogen and oxygen atoms in total. The molecule has 0 amide bonds. The third-order valence-corrected chi connectivity index (χ3v) is 6.20. The third kappa shape index (κ3) is 3.53. The van der Waals surface area contributed by atoms with Gasteiger partial charge in [0, 0.05) is 37.6 Å². The fraction of sp³-hybridized carbons (Fsp3) is 0.545. The number of aryl methyl sites for hydroxylation is 1. The smallest absolute Gasteiger partial charge is 0.223 e. The molecule has 0 bridgehead atoms. The molecule has 0 radical (unpaired) electrons. The van der Waals surface area contributed by atoms with Crippen molar-refractivity contribution in [1.29, 1.82) is 0 Å². The number of fused-ring (bicyclic) bond motifs is 1. The molecule has 1 saturated heterocycles. The molecule has 1 saturated carbocycles. The van der Waals surface area contributed by atoms with Crippen LogP contribution in [-0.2, 0) is 6.54 Å². The van der Waals surface area contributed by atoms with Crippen molar-refractivity contribution >= 4 is 10.9 Å². The van der Waals surface area contributed by atoms with E-state index in [4.69, 9.17) is 9.26 Å². The first-order valence-electron chi connectivity index (χ1n) is 10.5. The minimum Gasteiger partial charge on any atom is -0.490 e. The van der Waals surface area contributed by atoms with E-state index < -0.39 is 0 Å². The van der Waals surface area contributed by atoms with Crippen LogP contribution in [0, 0.1) is 6.92 Å². The number of piperidine rings is 1. The molecule has 6 heteroatoms. The van der Waals surface area contributed by atoms with E-state index in [1.54, 1.807) is 0 Å². The predicted molar refractivity (Wildman–Crippen MR) is 107 cm³/mol. The SMILES string of the molecule is Cc1nc(CN2CCC(Oc3cccc4c3ccn4C3CCCC3)CC2)no1. The molecular weight excluding hydrogens is 352 g/mol. The molecule has 148 valence electrons. The van der Waals surface area contributed by atoms with Crippen LogP contribution >= 0.6 is 0 Å². The zero-order valence-electron chi connectivity index (χ0n) is 16.5. The van der Waals surface area contributed by atoms with E-state index in [9.17, 15) is 0 Å². The van der Waals surface area contributed by atoms with Crippen LogP contribution in [0.4, 0.5) is 0 Å². The second-order valence-electron chi connectivity index (χ2n) is 8.17. The lowest BCUT2D eigenvalue weighted by Gasteiger charge is -2.31. The fourth-order valence-electron chi connectivity index (χ4n) is 4.73. The van der Waals surface area contributed by atoms with Crippen LogP contribution in [0.5, 0.6) is 5.75 Å². The van der Waals surface area contributed by atoms with E-state index >= 15 is 0 Å². The number of hydrogen-bond donors (Lipinski definition) is 0. The molecular formula is C22H28N4O2. The topological polar surface area (TPSA) is 56.3 Å². The summed E-state index contributed by atoms with van der Waals surface area (Å²) >= 11 is 0. The molecule has 0 unspecified atom stereocenters. The summed E-state index contributed by atoms with van der Waals surface area (Å²) in [6, 6.07) is 9.38. The molecule has 1 aliphatic heterocycles. The van der Waals surface area contributed by atoms with Gasteiger partial charge in [-0.25, -0.2) is 0 Å². The van der Waals surface area contributed by atoms with Crippen molar-refractivity contribution in [2.45, 2.75) is 64.1 Å². The van der Waals surface area contributed by atoms with Crippen LogP contribution in [0.3, 0.4) is 0 Å². The molecule has 0 N–H and O–H groups in total. The van der Waals surface area contributed by atoms with E-state index in [0.717, 1.165) is 44.0 Å². The maximum absolute atomic E-state index is 6.46. The largest absolute Gasteiger partial charge is 0.490 e. The van der Waals surface area contributed by atoms with Gasteiger partial charge in [0.2, 0.25) is 5.89 Å². The van der Waals surface area contributed by atoms with Crippen molar-refractivity contribution in [3.05, 3.63) is 42.2 Å². The highest BCUT2D eigenvalue weighted by atomic mass is 16.5. The fourth-order valence-corrected chi connectivity index (χ4v) is 4.73. The van der Waals surface area contributed by atoms with Crippen LogP contribution in [0.1, 0.15) is 56.3 Å². The second kappa shape index (κ2) is 7.59. The Morgan fingerprint density at radius 3 is 2.68 bits per heavy atom. The van der Waals surface area contributed by atoms with Crippen molar-refractivity contribution in [3.63, 3.8) is 0 Å². The highest BCUT2D eigenvalue weighted by molar-refractivity contribution is 5.86. The first kappa shape index (κ1) is 17.7. The lowest BCUT2D eigenvalue weighted by Crippen LogP contribution is -2.38. The van der Waals surface area contributed by atoms with Gasteiger partial charge >= 0.3 is 0 Å². The van der Waals surface area contributed by atoms with Gasteiger partial charge in [0.1, 0.15) is 11.9 Å². The summed E-state index contributed by atoms with van der Waals surface area (Å²) < 4.78 is 14.0. The van der Waals surface area contributed by atoms with Gasteiger partial charge in [0.15, 0.2) is 5.82 Å². The lowest BCUT2D eigenvalue weighted by atomic mass is 10.1. The molecule has 5 rings (SSSR count). The average Bonchev–Trinajstić information content (AvgIpc) is 3.44. The van der Waals surface area contributed by atoms with Gasteiger partial charge in [-0.1, -0.05) is 24.1 Å². The van der Waals surface area contributed by atoms with Gasteiger partial charge < -0.3 is 13.8 Å². The average molecular weight is 380 g/mol.